The van der Waals surface area contributed by atoms with E-state index in [1.54, 1.807) is 0 Å². The summed E-state index contributed by atoms with van der Waals surface area (Å²) >= 11 is 0. The van der Waals surface area contributed by atoms with Crippen LogP contribution in [0.25, 0.3) is 22.3 Å². The van der Waals surface area contributed by atoms with Gasteiger partial charge in [0, 0.05) is 34.1 Å². The lowest BCUT2D eigenvalue weighted by molar-refractivity contribution is 1.27. The average Bonchev–Trinajstić information content (AvgIpc) is 3.63. The molecule has 0 aliphatic carbocycles. The lowest BCUT2D eigenvalue weighted by atomic mass is 9.34. The second kappa shape index (κ2) is 8.93. The van der Waals surface area contributed by atoms with E-state index in [2.05, 4.69) is 143 Å². The summed E-state index contributed by atoms with van der Waals surface area (Å²) in [6, 6.07) is 53.0. The molecule has 4 aliphatic heterocycles. The van der Waals surface area contributed by atoms with Gasteiger partial charge >= 0.3 is 0 Å². The standard InChI is InChI=1S/C42H26B2N2/c1-3-13-27(14-4-1)45-37-23-11-19-31-29-17-7-9-21-33(29)43(41(31)37)35-26-40-36(25-39(35)45)44-34-22-10-8-18-30(34)32-20-12-24-38(42(32)44)46(40)28-15-5-2-6-16-28/h1-26H/i9D,10D. The number of hydrogen-bond acceptors (Lipinski definition) is 2. The number of anilines is 6. The number of benzene rings is 7. The Bertz CT molecular complexity index is 2340. The second-order valence-electron chi connectivity index (χ2n) is 12.7. The Balaban J connectivity index is 1.27. The number of para-hydroxylation sites is 2. The first-order valence-corrected chi connectivity index (χ1v) is 16.0. The third-order valence-corrected chi connectivity index (χ3v) is 10.5. The Morgan fingerprint density at radius 3 is 1.26 bits per heavy atom. The van der Waals surface area contributed by atoms with Gasteiger partial charge in [0.15, 0.2) is 0 Å². The van der Waals surface area contributed by atoms with Crippen molar-refractivity contribution in [3.63, 3.8) is 0 Å². The van der Waals surface area contributed by atoms with Crippen LogP contribution < -0.4 is 42.6 Å². The maximum Gasteiger partial charge on any atom is 0.248 e. The molecule has 0 saturated carbocycles. The molecule has 0 bridgehead atoms. The fraction of sp³-hybridized carbons (Fsp3) is 0. The van der Waals surface area contributed by atoms with Gasteiger partial charge in [0.2, 0.25) is 13.4 Å². The summed E-state index contributed by atoms with van der Waals surface area (Å²) < 4.78 is 17.3. The summed E-state index contributed by atoms with van der Waals surface area (Å²) in [5, 5.41) is 0. The smallest absolute Gasteiger partial charge is 0.248 e. The molecular weight excluding hydrogens is 554 g/mol. The third kappa shape index (κ3) is 3.04. The molecule has 4 heterocycles. The summed E-state index contributed by atoms with van der Waals surface area (Å²) in [4.78, 5) is 4.90. The minimum Gasteiger partial charge on any atom is -0.312 e. The normalized spacial score (nSPS) is 14.5. The van der Waals surface area contributed by atoms with E-state index in [4.69, 9.17) is 2.74 Å². The Labute approximate surface area is 272 Å². The molecule has 0 saturated heterocycles. The molecule has 4 heteroatoms. The Hall–Kier alpha value is -5.73. The van der Waals surface area contributed by atoms with Crippen LogP contribution in [-0.4, -0.2) is 13.4 Å². The van der Waals surface area contributed by atoms with Crippen molar-refractivity contribution < 1.29 is 2.74 Å². The summed E-state index contributed by atoms with van der Waals surface area (Å²) in [7, 11) is 0. The number of rotatable bonds is 2. The first-order chi connectivity index (χ1) is 23.7. The highest BCUT2D eigenvalue weighted by Gasteiger charge is 2.47. The minimum absolute atomic E-state index is 0.0119. The van der Waals surface area contributed by atoms with Crippen molar-refractivity contribution in [3.05, 3.63) is 158 Å². The van der Waals surface area contributed by atoms with Gasteiger partial charge in [0.05, 0.1) is 2.74 Å². The zero-order chi connectivity index (χ0) is 31.7. The lowest BCUT2D eigenvalue weighted by Gasteiger charge is -2.41. The molecule has 7 aromatic rings. The Morgan fingerprint density at radius 1 is 0.370 bits per heavy atom. The molecule has 0 radical (unpaired) electrons. The van der Waals surface area contributed by atoms with Crippen LogP contribution >= 0.6 is 0 Å². The molecular formula is C42H26B2N2. The van der Waals surface area contributed by atoms with Gasteiger partial charge in [-0.05, 0) is 92.6 Å². The second-order valence-corrected chi connectivity index (χ2v) is 12.7. The summed E-state index contributed by atoms with van der Waals surface area (Å²) in [5.74, 6) is 0. The minimum atomic E-state index is 0.0119. The van der Waals surface area contributed by atoms with Gasteiger partial charge in [-0.3, -0.25) is 0 Å². The van der Waals surface area contributed by atoms with Crippen molar-refractivity contribution >= 4 is 80.3 Å². The third-order valence-electron chi connectivity index (χ3n) is 10.5. The first-order valence-electron chi connectivity index (χ1n) is 17.0. The van der Waals surface area contributed by atoms with E-state index in [0.29, 0.717) is 12.1 Å². The highest BCUT2D eigenvalue weighted by Crippen LogP contribution is 2.44. The van der Waals surface area contributed by atoms with Gasteiger partial charge in [-0.25, -0.2) is 0 Å². The molecule has 0 amide bonds. The van der Waals surface area contributed by atoms with Crippen molar-refractivity contribution in [2.75, 3.05) is 9.80 Å². The maximum absolute atomic E-state index is 8.65. The van der Waals surface area contributed by atoms with Crippen LogP contribution in [0, 0.1) is 0 Å². The number of hydrogen-bond donors (Lipinski definition) is 0. The molecule has 7 aromatic carbocycles. The van der Waals surface area contributed by atoms with Gasteiger partial charge in [-0.1, -0.05) is 120 Å². The predicted molar refractivity (Wildman–Crippen MR) is 196 cm³/mol. The molecule has 0 fully saturated rings. The average molecular weight is 582 g/mol. The predicted octanol–water partition coefficient (Wildman–Crippen LogP) is 6.25. The first kappa shape index (κ1) is 22.7. The van der Waals surface area contributed by atoms with Crippen molar-refractivity contribution in [1.82, 2.24) is 0 Å². The van der Waals surface area contributed by atoms with Crippen LogP contribution in [-0.2, 0) is 0 Å². The fourth-order valence-corrected chi connectivity index (χ4v) is 8.81. The molecule has 2 nitrogen and oxygen atoms in total. The molecule has 46 heavy (non-hydrogen) atoms. The van der Waals surface area contributed by atoms with E-state index in [9.17, 15) is 0 Å². The highest BCUT2D eigenvalue weighted by molar-refractivity contribution is 7.03. The van der Waals surface area contributed by atoms with E-state index in [-0.39, 0.29) is 13.4 Å². The van der Waals surface area contributed by atoms with Crippen LogP contribution in [0.5, 0.6) is 0 Å². The summed E-state index contributed by atoms with van der Waals surface area (Å²) in [5.41, 5.74) is 19.4. The monoisotopic (exact) mass is 582 g/mol. The van der Waals surface area contributed by atoms with Crippen molar-refractivity contribution in [3.8, 4) is 22.3 Å². The Morgan fingerprint density at radius 2 is 0.804 bits per heavy atom. The van der Waals surface area contributed by atoms with Crippen molar-refractivity contribution in [2.45, 2.75) is 0 Å². The van der Waals surface area contributed by atoms with Gasteiger partial charge in [0.1, 0.15) is 0 Å². The van der Waals surface area contributed by atoms with Crippen molar-refractivity contribution in [2.24, 2.45) is 0 Å². The van der Waals surface area contributed by atoms with Crippen LogP contribution in [0.4, 0.5) is 34.1 Å². The Kier molecular flexibility index (Phi) is 4.41. The lowest BCUT2D eigenvalue weighted by Crippen LogP contribution is -2.58. The topological polar surface area (TPSA) is 6.48 Å². The molecule has 210 valence electrons. The summed E-state index contributed by atoms with van der Waals surface area (Å²) in [6.07, 6.45) is 0. The van der Waals surface area contributed by atoms with E-state index >= 15 is 0 Å². The fourth-order valence-electron chi connectivity index (χ4n) is 8.81. The quantitative estimate of drug-likeness (QED) is 0.223. The molecule has 11 rings (SSSR count). The van der Waals surface area contributed by atoms with Gasteiger partial charge in [0.25, 0.3) is 0 Å². The number of fused-ring (bicyclic) bond motifs is 10. The van der Waals surface area contributed by atoms with Gasteiger partial charge in [-0.15, -0.1) is 0 Å². The number of nitrogens with zero attached hydrogens (tertiary/aromatic N) is 2. The van der Waals surface area contributed by atoms with Crippen LogP contribution in [0.2, 0.25) is 0 Å². The van der Waals surface area contributed by atoms with Gasteiger partial charge in [-0.2, -0.15) is 0 Å². The molecule has 0 unspecified atom stereocenters. The SMILES string of the molecule is [2H]c1ccc2c(c1)B1c3cc4c(cc3N(c3ccccc3)c3cccc-2c31)B1c2cc([2H])ccc2-c2cccc(c21)N4c1ccccc1. The van der Waals surface area contributed by atoms with Crippen molar-refractivity contribution in [1.29, 1.82) is 0 Å². The zero-order valence-corrected chi connectivity index (χ0v) is 24.9. The zero-order valence-electron chi connectivity index (χ0n) is 26.9. The van der Waals surface area contributed by atoms with E-state index in [1.165, 1.54) is 77.8 Å². The molecule has 4 aliphatic rings. The molecule has 0 aromatic heterocycles. The summed E-state index contributed by atoms with van der Waals surface area (Å²) in [6.45, 7) is 0.0238. The highest BCUT2D eigenvalue weighted by atomic mass is 15.2. The van der Waals surface area contributed by atoms with Gasteiger partial charge < -0.3 is 9.80 Å². The maximum atomic E-state index is 8.65. The molecule has 0 N–H and O–H groups in total. The molecule has 0 spiro atoms. The van der Waals surface area contributed by atoms with E-state index in [0.717, 1.165) is 11.4 Å². The largest absolute Gasteiger partial charge is 0.312 e. The van der Waals surface area contributed by atoms with E-state index < -0.39 is 0 Å². The van der Waals surface area contributed by atoms with Crippen LogP contribution in [0.3, 0.4) is 0 Å². The van der Waals surface area contributed by atoms with Crippen LogP contribution in [0.15, 0.2) is 158 Å². The van der Waals surface area contributed by atoms with E-state index in [1.807, 2.05) is 12.1 Å². The molecule has 0 atom stereocenters. The van der Waals surface area contributed by atoms with Crippen LogP contribution in [0.1, 0.15) is 2.74 Å².